The maximum Gasteiger partial charge on any atom is 0.253 e. The van der Waals surface area contributed by atoms with Crippen molar-refractivity contribution < 1.29 is 28.6 Å². The molecule has 0 aliphatic carbocycles. The van der Waals surface area contributed by atoms with Crippen molar-refractivity contribution in [1.29, 1.82) is 0 Å². The average molecular weight is 427 g/mol. The van der Waals surface area contributed by atoms with Gasteiger partial charge in [0.1, 0.15) is 0 Å². The van der Waals surface area contributed by atoms with Gasteiger partial charge in [0.25, 0.3) is 5.91 Å². The number of methoxy groups -OCH3 is 3. The molecule has 164 valence electrons. The van der Waals surface area contributed by atoms with Crippen LogP contribution in [0.1, 0.15) is 22.3 Å². The Morgan fingerprint density at radius 3 is 2.23 bits per heavy atom. The van der Waals surface area contributed by atoms with E-state index in [1.165, 1.54) is 27.4 Å². The Kier molecular flexibility index (Phi) is 8.44. The van der Waals surface area contributed by atoms with E-state index < -0.39 is 17.7 Å². The molecule has 0 aromatic heterocycles. The van der Waals surface area contributed by atoms with Gasteiger partial charge in [-0.2, -0.15) is 0 Å². The van der Waals surface area contributed by atoms with Crippen molar-refractivity contribution in [3.05, 3.63) is 53.6 Å². The number of anilines is 1. The molecule has 0 atom stereocenters. The normalized spacial score (nSPS) is 10.4. The Hall–Kier alpha value is -4.01. The van der Waals surface area contributed by atoms with Gasteiger partial charge in [0.15, 0.2) is 11.5 Å². The number of nitrogens with one attached hydrogen (secondary N) is 2. The van der Waals surface area contributed by atoms with Crippen molar-refractivity contribution in [2.24, 2.45) is 5.73 Å². The molecule has 31 heavy (non-hydrogen) atoms. The van der Waals surface area contributed by atoms with Crippen molar-refractivity contribution in [3.8, 4) is 17.2 Å². The summed E-state index contributed by atoms with van der Waals surface area (Å²) in [6.07, 6.45) is 2.93. The second-order valence-corrected chi connectivity index (χ2v) is 6.30. The van der Waals surface area contributed by atoms with E-state index in [1.54, 1.807) is 42.5 Å². The van der Waals surface area contributed by atoms with Crippen molar-refractivity contribution in [2.45, 2.75) is 6.42 Å². The van der Waals surface area contributed by atoms with E-state index in [4.69, 9.17) is 19.9 Å². The number of amides is 3. The Labute approximate surface area is 180 Å². The molecule has 0 fully saturated rings. The van der Waals surface area contributed by atoms with Crippen LogP contribution in [-0.4, -0.2) is 45.6 Å². The van der Waals surface area contributed by atoms with Gasteiger partial charge in [-0.05, 0) is 35.9 Å². The molecule has 0 saturated heterocycles. The summed E-state index contributed by atoms with van der Waals surface area (Å²) in [6.45, 7) is 0.109. The number of benzene rings is 2. The number of primary amides is 1. The molecular formula is C22H25N3O6. The van der Waals surface area contributed by atoms with Crippen molar-refractivity contribution >= 4 is 29.5 Å². The molecule has 0 heterocycles. The smallest absolute Gasteiger partial charge is 0.253 e. The summed E-state index contributed by atoms with van der Waals surface area (Å²) in [4.78, 5) is 35.6. The number of ether oxygens (including phenoxy) is 3. The number of hydrogen-bond donors (Lipinski definition) is 3. The molecule has 4 N–H and O–H groups in total. The third-order valence-electron chi connectivity index (χ3n) is 4.20. The summed E-state index contributed by atoms with van der Waals surface area (Å²) in [5.74, 6) is -0.0154. The van der Waals surface area contributed by atoms with Gasteiger partial charge in [-0.25, -0.2) is 0 Å². The molecule has 0 spiro atoms. The third kappa shape index (κ3) is 6.49. The minimum absolute atomic E-state index is 0.0256. The van der Waals surface area contributed by atoms with Gasteiger partial charge >= 0.3 is 0 Å². The number of carbonyl (C=O) groups excluding carboxylic acids is 3. The van der Waals surface area contributed by atoms with Gasteiger partial charge in [-0.15, -0.1) is 0 Å². The molecule has 0 aliphatic heterocycles. The SMILES string of the molecule is COc1cc(/C=C/C(=O)Nc2ccccc2C(=O)NCCC(N)=O)cc(OC)c1OC. The summed E-state index contributed by atoms with van der Waals surface area (Å²) in [7, 11) is 4.51. The lowest BCUT2D eigenvalue weighted by molar-refractivity contribution is -0.118. The van der Waals surface area contributed by atoms with Crippen LogP contribution in [0.4, 0.5) is 5.69 Å². The zero-order valence-corrected chi connectivity index (χ0v) is 17.6. The first-order chi connectivity index (χ1) is 14.9. The maximum atomic E-state index is 12.4. The molecular weight excluding hydrogens is 402 g/mol. The van der Waals surface area contributed by atoms with Gasteiger partial charge in [0.05, 0.1) is 32.6 Å². The molecule has 0 unspecified atom stereocenters. The van der Waals surface area contributed by atoms with Crippen LogP contribution in [0.3, 0.4) is 0 Å². The first-order valence-corrected chi connectivity index (χ1v) is 9.34. The minimum atomic E-state index is -0.515. The van der Waals surface area contributed by atoms with Crippen LogP contribution in [0.5, 0.6) is 17.2 Å². The molecule has 0 bridgehead atoms. The number of para-hydroxylation sites is 1. The van der Waals surface area contributed by atoms with Gasteiger partial charge in [-0.1, -0.05) is 12.1 Å². The number of hydrogen-bond acceptors (Lipinski definition) is 6. The fourth-order valence-electron chi connectivity index (χ4n) is 2.73. The van der Waals surface area contributed by atoms with Gasteiger partial charge in [-0.3, -0.25) is 14.4 Å². The minimum Gasteiger partial charge on any atom is -0.493 e. The molecule has 2 rings (SSSR count). The molecule has 0 aliphatic rings. The predicted octanol–water partition coefficient (Wildman–Crippen LogP) is 1.97. The topological polar surface area (TPSA) is 129 Å². The fraction of sp³-hybridized carbons (Fsp3) is 0.227. The molecule has 0 radical (unpaired) electrons. The first kappa shape index (κ1) is 23.3. The van der Waals surface area contributed by atoms with Crippen LogP contribution in [-0.2, 0) is 9.59 Å². The van der Waals surface area contributed by atoms with E-state index in [0.717, 1.165) is 0 Å². The van der Waals surface area contributed by atoms with E-state index in [1.807, 2.05) is 0 Å². The van der Waals surface area contributed by atoms with Gasteiger partial charge in [0, 0.05) is 19.0 Å². The number of rotatable bonds is 10. The predicted molar refractivity (Wildman–Crippen MR) is 116 cm³/mol. The summed E-state index contributed by atoms with van der Waals surface area (Å²) >= 11 is 0. The second-order valence-electron chi connectivity index (χ2n) is 6.30. The quantitative estimate of drug-likeness (QED) is 0.497. The fourth-order valence-corrected chi connectivity index (χ4v) is 2.73. The highest BCUT2D eigenvalue weighted by atomic mass is 16.5. The zero-order chi connectivity index (χ0) is 22.8. The lowest BCUT2D eigenvalue weighted by Crippen LogP contribution is -2.28. The van der Waals surface area contributed by atoms with E-state index in [-0.39, 0.29) is 18.5 Å². The van der Waals surface area contributed by atoms with Gasteiger partial charge < -0.3 is 30.6 Å². The van der Waals surface area contributed by atoms with Crippen LogP contribution in [0.2, 0.25) is 0 Å². The zero-order valence-electron chi connectivity index (χ0n) is 17.6. The lowest BCUT2D eigenvalue weighted by Gasteiger charge is -2.13. The van der Waals surface area contributed by atoms with Crippen LogP contribution in [0, 0.1) is 0 Å². The Balaban J connectivity index is 2.14. The first-order valence-electron chi connectivity index (χ1n) is 9.34. The average Bonchev–Trinajstić information content (AvgIpc) is 2.76. The highest BCUT2D eigenvalue weighted by molar-refractivity contribution is 6.07. The molecule has 3 amide bonds. The summed E-state index contributed by atoms with van der Waals surface area (Å²) < 4.78 is 15.9. The standard InChI is InChI=1S/C22H25N3O6/c1-29-17-12-14(13-18(30-2)21(17)31-3)8-9-20(27)25-16-7-5-4-6-15(16)22(28)24-11-10-19(23)26/h4-9,12-13H,10-11H2,1-3H3,(H2,23,26)(H,24,28)(H,25,27)/b9-8+. The van der Waals surface area contributed by atoms with E-state index >= 15 is 0 Å². The molecule has 9 heteroatoms. The summed E-state index contributed by atoms with van der Waals surface area (Å²) in [5, 5.41) is 5.26. The Morgan fingerprint density at radius 1 is 1.00 bits per heavy atom. The largest absolute Gasteiger partial charge is 0.493 e. The van der Waals surface area contributed by atoms with Crippen molar-refractivity contribution in [2.75, 3.05) is 33.2 Å². The Morgan fingerprint density at radius 2 is 1.65 bits per heavy atom. The summed E-state index contributed by atoms with van der Waals surface area (Å²) in [6, 6.07) is 9.94. The molecule has 2 aromatic rings. The van der Waals surface area contributed by atoms with Crippen LogP contribution < -0.4 is 30.6 Å². The molecule has 2 aromatic carbocycles. The molecule has 0 saturated carbocycles. The second kappa shape index (κ2) is 11.2. The number of carbonyl (C=O) groups is 3. The highest BCUT2D eigenvalue weighted by Gasteiger charge is 2.14. The van der Waals surface area contributed by atoms with E-state index in [9.17, 15) is 14.4 Å². The third-order valence-corrected chi connectivity index (χ3v) is 4.20. The van der Waals surface area contributed by atoms with Crippen LogP contribution >= 0.6 is 0 Å². The maximum absolute atomic E-state index is 12.4. The highest BCUT2D eigenvalue weighted by Crippen LogP contribution is 2.38. The summed E-state index contributed by atoms with van der Waals surface area (Å²) in [5.41, 5.74) is 6.32. The van der Waals surface area contributed by atoms with E-state index in [0.29, 0.717) is 28.5 Å². The van der Waals surface area contributed by atoms with Crippen molar-refractivity contribution in [3.63, 3.8) is 0 Å². The molecule has 9 nitrogen and oxygen atoms in total. The lowest BCUT2D eigenvalue weighted by atomic mass is 10.1. The van der Waals surface area contributed by atoms with Crippen LogP contribution in [0.15, 0.2) is 42.5 Å². The number of nitrogens with two attached hydrogens (primary N) is 1. The van der Waals surface area contributed by atoms with Crippen molar-refractivity contribution in [1.82, 2.24) is 5.32 Å². The van der Waals surface area contributed by atoms with E-state index in [2.05, 4.69) is 10.6 Å². The Bertz CT molecular complexity index is 962. The monoisotopic (exact) mass is 427 g/mol. The van der Waals surface area contributed by atoms with Crippen LogP contribution in [0.25, 0.3) is 6.08 Å². The van der Waals surface area contributed by atoms with Gasteiger partial charge in [0.2, 0.25) is 17.6 Å².